The minimum atomic E-state index is -0.0721. The number of rotatable bonds is 5. The Morgan fingerprint density at radius 3 is 2.53 bits per heavy atom. The van der Waals surface area contributed by atoms with Gasteiger partial charge in [-0.15, -0.1) is 0 Å². The number of methoxy groups -OCH3 is 1. The smallest absolute Gasteiger partial charge is 0.134 e. The van der Waals surface area contributed by atoms with Crippen molar-refractivity contribution < 1.29 is 9.47 Å². The molecule has 2 N–H and O–H groups in total. The van der Waals surface area contributed by atoms with Gasteiger partial charge in [-0.1, -0.05) is 6.07 Å². The zero-order chi connectivity index (χ0) is 11.3. The van der Waals surface area contributed by atoms with Crippen molar-refractivity contribution in [3.05, 3.63) is 29.3 Å². The molecule has 0 aliphatic heterocycles. The number of nitrogens with two attached hydrogens (primary N) is 1. The fourth-order valence-electron chi connectivity index (χ4n) is 1.32. The van der Waals surface area contributed by atoms with Crippen molar-refractivity contribution in [2.24, 2.45) is 5.73 Å². The molecule has 0 aliphatic carbocycles. The summed E-state index contributed by atoms with van der Waals surface area (Å²) in [7, 11) is 1.65. The number of benzene rings is 1. The Labute approximate surface area is 91.2 Å². The summed E-state index contributed by atoms with van der Waals surface area (Å²) >= 11 is 0. The molecule has 1 atom stereocenters. The Morgan fingerprint density at radius 2 is 2.00 bits per heavy atom. The lowest BCUT2D eigenvalue weighted by Gasteiger charge is -2.17. The molecule has 1 rings (SSSR count). The summed E-state index contributed by atoms with van der Waals surface area (Å²) in [4.78, 5) is 0. The molecule has 15 heavy (non-hydrogen) atoms. The van der Waals surface area contributed by atoms with Crippen LogP contribution in [0.5, 0.6) is 5.75 Å². The van der Waals surface area contributed by atoms with E-state index in [1.165, 1.54) is 11.1 Å². The molecule has 0 spiro atoms. The van der Waals surface area contributed by atoms with Gasteiger partial charge in [-0.05, 0) is 37.1 Å². The third kappa shape index (κ3) is 3.53. The van der Waals surface area contributed by atoms with Crippen LogP contribution in [0.1, 0.15) is 11.1 Å². The number of ether oxygens (including phenoxy) is 2. The van der Waals surface area contributed by atoms with E-state index >= 15 is 0 Å². The molecular formula is C12H19NO2. The van der Waals surface area contributed by atoms with Crippen LogP contribution in [-0.4, -0.2) is 26.4 Å². The SMILES string of the molecule is COCC(CN)Oc1ccc(C)c(C)c1. The highest BCUT2D eigenvalue weighted by Gasteiger charge is 2.08. The Morgan fingerprint density at radius 1 is 1.27 bits per heavy atom. The average molecular weight is 209 g/mol. The summed E-state index contributed by atoms with van der Waals surface area (Å²) in [6.07, 6.45) is -0.0721. The van der Waals surface area contributed by atoms with Gasteiger partial charge in [0.05, 0.1) is 6.61 Å². The minimum Gasteiger partial charge on any atom is -0.487 e. The highest BCUT2D eigenvalue weighted by Crippen LogP contribution is 2.17. The van der Waals surface area contributed by atoms with Crippen molar-refractivity contribution in [2.45, 2.75) is 20.0 Å². The monoisotopic (exact) mass is 209 g/mol. The van der Waals surface area contributed by atoms with E-state index in [0.29, 0.717) is 13.2 Å². The van der Waals surface area contributed by atoms with Gasteiger partial charge in [0.1, 0.15) is 11.9 Å². The highest BCUT2D eigenvalue weighted by atomic mass is 16.5. The lowest BCUT2D eigenvalue weighted by atomic mass is 10.1. The van der Waals surface area contributed by atoms with Gasteiger partial charge in [0, 0.05) is 13.7 Å². The van der Waals surface area contributed by atoms with Crippen LogP contribution in [-0.2, 0) is 4.74 Å². The third-order valence-corrected chi connectivity index (χ3v) is 2.40. The molecule has 0 aromatic heterocycles. The summed E-state index contributed by atoms with van der Waals surface area (Å²) in [5.41, 5.74) is 8.05. The van der Waals surface area contributed by atoms with Crippen molar-refractivity contribution in [1.29, 1.82) is 0 Å². The van der Waals surface area contributed by atoms with Crippen LogP contribution in [0.2, 0.25) is 0 Å². The molecule has 3 heteroatoms. The van der Waals surface area contributed by atoms with Crippen LogP contribution in [0, 0.1) is 13.8 Å². The van der Waals surface area contributed by atoms with Crippen LogP contribution in [0.15, 0.2) is 18.2 Å². The average Bonchev–Trinajstić information content (AvgIpc) is 2.23. The molecule has 0 saturated heterocycles. The molecule has 0 heterocycles. The number of hydrogen-bond acceptors (Lipinski definition) is 3. The van der Waals surface area contributed by atoms with Crippen molar-refractivity contribution >= 4 is 0 Å². The van der Waals surface area contributed by atoms with Crippen LogP contribution in [0.3, 0.4) is 0 Å². The molecule has 0 amide bonds. The molecule has 1 aromatic rings. The summed E-state index contributed by atoms with van der Waals surface area (Å²) < 4.78 is 10.7. The lowest BCUT2D eigenvalue weighted by molar-refractivity contribution is 0.0860. The van der Waals surface area contributed by atoms with E-state index in [1.54, 1.807) is 7.11 Å². The first kappa shape index (κ1) is 12.0. The van der Waals surface area contributed by atoms with E-state index in [9.17, 15) is 0 Å². The largest absolute Gasteiger partial charge is 0.487 e. The summed E-state index contributed by atoms with van der Waals surface area (Å²) in [5.74, 6) is 0.852. The molecule has 0 aliphatic rings. The minimum absolute atomic E-state index is 0.0721. The zero-order valence-electron chi connectivity index (χ0n) is 9.62. The molecule has 1 unspecified atom stereocenters. The number of hydrogen-bond donors (Lipinski definition) is 1. The fraction of sp³-hybridized carbons (Fsp3) is 0.500. The zero-order valence-corrected chi connectivity index (χ0v) is 9.62. The molecule has 3 nitrogen and oxygen atoms in total. The fourth-order valence-corrected chi connectivity index (χ4v) is 1.32. The molecule has 0 bridgehead atoms. The van der Waals surface area contributed by atoms with Gasteiger partial charge in [0.25, 0.3) is 0 Å². The van der Waals surface area contributed by atoms with Gasteiger partial charge in [0.15, 0.2) is 0 Å². The maximum Gasteiger partial charge on any atom is 0.134 e. The molecule has 1 aromatic carbocycles. The Kier molecular flexibility index (Phi) is 4.59. The van der Waals surface area contributed by atoms with E-state index in [2.05, 4.69) is 13.8 Å². The Balaban J connectivity index is 2.66. The predicted octanol–water partition coefficient (Wildman–Crippen LogP) is 1.66. The van der Waals surface area contributed by atoms with Gasteiger partial charge in [0.2, 0.25) is 0 Å². The van der Waals surface area contributed by atoms with E-state index in [4.69, 9.17) is 15.2 Å². The van der Waals surface area contributed by atoms with Crippen LogP contribution >= 0.6 is 0 Å². The summed E-state index contributed by atoms with van der Waals surface area (Å²) in [6.45, 7) is 5.12. The molecular weight excluding hydrogens is 190 g/mol. The quantitative estimate of drug-likeness (QED) is 0.802. The predicted molar refractivity (Wildman–Crippen MR) is 61.3 cm³/mol. The normalized spacial score (nSPS) is 12.5. The number of aryl methyl sites for hydroxylation is 2. The van der Waals surface area contributed by atoms with Gasteiger partial charge >= 0.3 is 0 Å². The van der Waals surface area contributed by atoms with E-state index in [1.807, 2.05) is 18.2 Å². The van der Waals surface area contributed by atoms with Crippen LogP contribution < -0.4 is 10.5 Å². The summed E-state index contributed by atoms with van der Waals surface area (Å²) in [5, 5.41) is 0. The highest BCUT2D eigenvalue weighted by molar-refractivity contribution is 5.33. The standard InChI is InChI=1S/C12H19NO2/c1-9-4-5-11(6-10(9)2)15-12(7-13)8-14-3/h4-6,12H,7-8,13H2,1-3H3. The Hall–Kier alpha value is -1.06. The Bertz CT molecular complexity index is 312. The van der Waals surface area contributed by atoms with E-state index in [0.717, 1.165) is 5.75 Å². The third-order valence-electron chi connectivity index (χ3n) is 2.40. The van der Waals surface area contributed by atoms with Crippen molar-refractivity contribution in [1.82, 2.24) is 0 Å². The van der Waals surface area contributed by atoms with Gasteiger partial charge in [-0.3, -0.25) is 0 Å². The van der Waals surface area contributed by atoms with E-state index in [-0.39, 0.29) is 6.10 Å². The first-order valence-corrected chi connectivity index (χ1v) is 5.10. The van der Waals surface area contributed by atoms with Gasteiger partial charge < -0.3 is 15.2 Å². The first-order valence-electron chi connectivity index (χ1n) is 5.10. The molecule has 84 valence electrons. The van der Waals surface area contributed by atoms with Crippen molar-refractivity contribution in [3.63, 3.8) is 0 Å². The molecule has 0 saturated carbocycles. The van der Waals surface area contributed by atoms with E-state index < -0.39 is 0 Å². The second-order valence-electron chi connectivity index (χ2n) is 3.68. The second kappa shape index (κ2) is 5.73. The molecule has 0 radical (unpaired) electrons. The lowest BCUT2D eigenvalue weighted by Crippen LogP contribution is -2.31. The summed E-state index contributed by atoms with van der Waals surface area (Å²) in [6, 6.07) is 6.03. The van der Waals surface area contributed by atoms with Crippen LogP contribution in [0.4, 0.5) is 0 Å². The van der Waals surface area contributed by atoms with Gasteiger partial charge in [-0.25, -0.2) is 0 Å². The van der Waals surface area contributed by atoms with Crippen molar-refractivity contribution in [3.8, 4) is 5.75 Å². The topological polar surface area (TPSA) is 44.5 Å². The van der Waals surface area contributed by atoms with Gasteiger partial charge in [-0.2, -0.15) is 0 Å². The maximum absolute atomic E-state index is 5.69. The first-order chi connectivity index (χ1) is 7.17. The maximum atomic E-state index is 5.69. The molecule has 0 fully saturated rings. The second-order valence-corrected chi connectivity index (χ2v) is 3.68. The van der Waals surface area contributed by atoms with Crippen LogP contribution in [0.25, 0.3) is 0 Å². The van der Waals surface area contributed by atoms with Crippen molar-refractivity contribution in [2.75, 3.05) is 20.3 Å².